The van der Waals surface area contributed by atoms with Crippen LogP contribution in [-0.4, -0.2) is 23.9 Å². The molecule has 2 nitrogen and oxygen atoms in total. The molecular formula is C17H30O2. The summed E-state index contributed by atoms with van der Waals surface area (Å²) in [5.41, 5.74) is -0.357. The van der Waals surface area contributed by atoms with E-state index in [9.17, 15) is 5.11 Å². The summed E-state index contributed by atoms with van der Waals surface area (Å²) in [7, 11) is 0. The summed E-state index contributed by atoms with van der Waals surface area (Å²) in [5.74, 6) is 1.90. The molecule has 2 saturated carbocycles. The van der Waals surface area contributed by atoms with E-state index in [0.29, 0.717) is 11.8 Å². The van der Waals surface area contributed by atoms with Crippen LogP contribution in [0.25, 0.3) is 0 Å². The molecule has 0 aromatic carbocycles. The molecule has 0 bridgehead atoms. The largest absolute Gasteiger partial charge is 0.389 e. The van der Waals surface area contributed by atoms with Crippen molar-refractivity contribution in [1.29, 1.82) is 0 Å². The topological polar surface area (TPSA) is 29.5 Å². The lowest BCUT2D eigenvalue weighted by Gasteiger charge is -2.50. The van der Waals surface area contributed by atoms with Gasteiger partial charge in [0.15, 0.2) is 0 Å². The van der Waals surface area contributed by atoms with Gasteiger partial charge >= 0.3 is 0 Å². The predicted octanol–water partition coefficient (Wildman–Crippen LogP) is 3.91. The molecule has 1 N–H and O–H groups in total. The monoisotopic (exact) mass is 266 g/mol. The fourth-order valence-corrected chi connectivity index (χ4v) is 5.09. The van der Waals surface area contributed by atoms with Crippen LogP contribution in [0, 0.1) is 17.8 Å². The van der Waals surface area contributed by atoms with E-state index in [1.54, 1.807) is 0 Å². The molecular weight excluding hydrogens is 236 g/mol. The summed E-state index contributed by atoms with van der Waals surface area (Å²) < 4.78 is 5.51. The second-order valence-corrected chi connectivity index (χ2v) is 7.13. The number of rotatable bonds is 2. The molecule has 0 radical (unpaired) electrons. The van der Waals surface area contributed by atoms with Gasteiger partial charge in [0.05, 0.1) is 5.60 Å². The number of aliphatic hydroxyl groups is 1. The molecule has 3 aliphatic rings. The van der Waals surface area contributed by atoms with Crippen LogP contribution in [0.5, 0.6) is 0 Å². The first-order chi connectivity index (χ1) is 9.31. The van der Waals surface area contributed by atoms with Crippen molar-refractivity contribution in [2.24, 2.45) is 17.8 Å². The first-order valence-corrected chi connectivity index (χ1v) is 8.61. The predicted molar refractivity (Wildman–Crippen MR) is 77.0 cm³/mol. The molecule has 0 amide bonds. The second kappa shape index (κ2) is 6.13. The smallest absolute Gasteiger partial charge is 0.0708 e. The summed E-state index contributed by atoms with van der Waals surface area (Å²) in [6.07, 6.45) is 14.0. The van der Waals surface area contributed by atoms with Crippen molar-refractivity contribution in [3.05, 3.63) is 0 Å². The number of hydrogen-bond donors (Lipinski definition) is 1. The summed E-state index contributed by atoms with van der Waals surface area (Å²) in [4.78, 5) is 0. The summed E-state index contributed by atoms with van der Waals surface area (Å²) in [6, 6.07) is 0. The minimum atomic E-state index is -0.357. The normalized spacial score (nSPS) is 39.3. The van der Waals surface area contributed by atoms with Crippen LogP contribution in [0.3, 0.4) is 0 Å². The molecule has 0 spiro atoms. The van der Waals surface area contributed by atoms with Gasteiger partial charge in [-0.25, -0.2) is 0 Å². The molecule has 2 aliphatic carbocycles. The maximum atomic E-state index is 11.5. The van der Waals surface area contributed by atoms with Gasteiger partial charge in [0.1, 0.15) is 0 Å². The fraction of sp³-hybridized carbons (Fsp3) is 1.00. The van der Waals surface area contributed by atoms with E-state index in [2.05, 4.69) is 0 Å². The van der Waals surface area contributed by atoms with E-state index >= 15 is 0 Å². The average Bonchev–Trinajstić information content (AvgIpc) is 2.49. The molecule has 0 aromatic rings. The molecule has 2 unspecified atom stereocenters. The van der Waals surface area contributed by atoms with Crippen LogP contribution >= 0.6 is 0 Å². The molecule has 3 rings (SSSR count). The zero-order valence-corrected chi connectivity index (χ0v) is 12.3. The second-order valence-electron chi connectivity index (χ2n) is 7.13. The van der Waals surface area contributed by atoms with Crippen molar-refractivity contribution >= 4 is 0 Å². The van der Waals surface area contributed by atoms with Crippen molar-refractivity contribution in [3.8, 4) is 0 Å². The first kappa shape index (κ1) is 13.9. The first-order valence-electron chi connectivity index (χ1n) is 8.61. The van der Waals surface area contributed by atoms with E-state index < -0.39 is 0 Å². The van der Waals surface area contributed by atoms with Crippen molar-refractivity contribution in [2.75, 3.05) is 13.2 Å². The quantitative estimate of drug-likeness (QED) is 0.821. The number of ether oxygens (including phenoxy) is 1. The van der Waals surface area contributed by atoms with Gasteiger partial charge in [-0.2, -0.15) is 0 Å². The Morgan fingerprint density at radius 1 is 0.789 bits per heavy atom. The lowest BCUT2D eigenvalue weighted by molar-refractivity contribution is -0.140. The standard InChI is InChI=1S/C17H30O2/c18-17(15-9-12-19-13-10-15)11-5-4-8-16(17)14-6-2-1-3-7-14/h14-16,18H,1-13H2. The Labute approximate surface area is 117 Å². The van der Waals surface area contributed by atoms with E-state index in [0.717, 1.165) is 38.4 Å². The van der Waals surface area contributed by atoms with E-state index in [1.165, 1.54) is 51.4 Å². The average molecular weight is 266 g/mol. The third-order valence-electron chi connectivity index (χ3n) is 6.13. The molecule has 1 aliphatic heterocycles. The summed E-state index contributed by atoms with van der Waals surface area (Å²) in [5, 5.41) is 11.5. The fourth-order valence-electron chi connectivity index (χ4n) is 5.09. The highest BCUT2D eigenvalue weighted by molar-refractivity contribution is 4.98. The Morgan fingerprint density at radius 3 is 2.21 bits per heavy atom. The minimum Gasteiger partial charge on any atom is -0.389 e. The molecule has 1 heterocycles. The van der Waals surface area contributed by atoms with Gasteiger partial charge in [-0.1, -0.05) is 44.9 Å². The van der Waals surface area contributed by atoms with Gasteiger partial charge in [-0.15, -0.1) is 0 Å². The van der Waals surface area contributed by atoms with Gasteiger partial charge in [0.25, 0.3) is 0 Å². The molecule has 1 saturated heterocycles. The van der Waals surface area contributed by atoms with Crippen LogP contribution in [0.15, 0.2) is 0 Å². The lowest BCUT2D eigenvalue weighted by Crippen LogP contribution is -2.51. The Kier molecular flexibility index (Phi) is 4.48. The van der Waals surface area contributed by atoms with Crippen LogP contribution in [0.1, 0.15) is 70.6 Å². The third-order valence-corrected chi connectivity index (χ3v) is 6.13. The molecule has 3 fully saturated rings. The lowest BCUT2D eigenvalue weighted by atomic mass is 9.60. The third kappa shape index (κ3) is 2.85. The molecule has 110 valence electrons. The van der Waals surface area contributed by atoms with Gasteiger partial charge in [0.2, 0.25) is 0 Å². The molecule has 0 aromatic heterocycles. The van der Waals surface area contributed by atoms with Gasteiger partial charge in [-0.05, 0) is 43.4 Å². The van der Waals surface area contributed by atoms with Gasteiger partial charge in [0, 0.05) is 13.2 Å². The van der Waals surface area contributed by atoms with Crippen molar-refractivity contribution in [1.82, 2.24) is 0 Å². The SMILES string of the molecule is OC1(C2CCOCC2)CCCCC1C1CCCCC1. The Hall–Kier alpha value is -0.0800. The molecule has 2 heteroatoms. The van der Waals surface area contributed by atoms with Crippen molar-refractivity contribution in [2.45, 2.75) is 76.2 Å². The van der Waals surface area contributed by atoms with E-state index in [-0.39, 0.29) is 5.60 Å². The van der Waals surface area contributed by atoms with Gasteiger partial charge in [-0.3, -0.25) is 0 Å². The maximum absolute atomic E-state index is 11.5. The molecule has 19 heavy (non-hydrogen) atoms. The molecule has 2 atom stereocenters. The van der Waals surface area contributed by atoms with Crippen molar-refractivity contribution in [3.63, 3.8) is 0 Å². The van der Waals surface area contributed by atoms with Crippen LogP contribution in [0.2, 0.25) is 0 Å². The Balaban J connectivity index is 1.74. The Morgan fingerprint density at radius 2 is 1.47 bits per heavy atom. The zero-order valence-electron chi connectivity index (χ0n) is 12.3. The Bertz CT molecular complexity index is 279. The maximum Gasteiger partial charge on any atom is 0.0708 e. The highest BCUT2D eigenvalue weighted by atomic mass is 16.5. The highest BCUT2D eigenvalue weighted by Gasteiger charge is 2.48. The zero-order chi connectivity index (χ0) is 13.1. The summed E-state index contributed by atoms with van der Waals surface area (Å²) in [6.45, 7) is 1.73. The number of hydrogen-bond acceptors (Lipinski definition) is 2. The highest BCUT2D eigenvalue weighted by Crippen LogP contribution is 2.49. The van der Waals surface area contributed by atoms with Crippen LogP contribution < -0.4 is 0 Å². The van der Waals surface area contributed by atoms with Crippen molar-refractivity contribution < 1.29 is 9.84 Å². The van der Waals surface area contributed by atoms with Crippen LogP contribution in [-0.2, 0) is 4.74 Å². The minimum absolute atomic E-state index is 0.357. The summed E-state index contributed by atoms with van der Waals surface area (Å²) >= 11 is 0. The van der Waals surface area contributed by atoms with Crippen LogP contribution in [0.4, 0.5) is 0 Å². The van der Waals surface area contributed by atoms with E-state index in [1.807, 2.05) is 0 Å². The van der Waals surface area contributed by atoms with Gasteiger partial charge < -0.3 is 9.84 Å². The van der Waals surface area contributed by atoms with E-state index in [4.69, 9.17) is 4.74 Å².